The van der Waals surface area contributed by atoms with Crippen molar-refractivity contribution in [3.63, 3.8) is 0 Å². The van der Waals surface area contributed by atoms with Gasteiger partial charge in [0.25, 0.3) is 0 Å². The van der Waals surface area contributed by atoms with Crippen molar-refractivity contribution in [2.45, 2.75) is 38.6 Å². The Bertz CT molecular complexity index is 406. The van der Waals surface area contributed by atoms with E-state index in [0.717, 1.165) is 24.8 Å². The fraction of sp³-hybridized carbons (Fsp3) is 0.647. The van der Waals surface area contributed by atoms with Crippen molar-refractivity contribution in [2.75, 3.05) is 32.6 Å². The number of rotatable bonds is 7. The molecule has 2 atom stereocenters. The van der Waals surface area contributed by atoms with Gasteiger partial charge in [-0.2, -0.15) is 0 Å². The van der Waals surface area contributed by atoms with Gasteiger partial charge in [0.05, 0.1) is 0 Å². The number of hydrogen-bond donors (Lipinski definition) is 1. The molecule has 2 rings (SSSR count). The summed E-state index contributed by atoms with van der Waals surface area (Å²) in [6, 6.07) is 8.99. The SMILES string of the molecule is CCC1CCC(Nc2cccc(OCCN(C)C)c2)C1. The minimum atomic E-state index is 0.636. The lowest BCUT2D eigenvalue weighted by Crippen LogP contribution is -2.19. The number of nitrogens with one attached hydrogen (secondary N) is 1. The van der Waals surface area contributed by atoms with Gasteiger partial charge in [-0.25, -0.2) is 0 Å². The number of benzene rings is 1. The second-order valence-electron chi connectivity index (χ2n) is 6.11. The first-order chi connectivity index (χ1) is 9.67. The molecule has 1 saturated carbocycles. The molecular formula is C17H28N2O. The van der Waals surface area contributed by atoms with Gasteiger partial charge < -0.3 is 15.0 Å². The van der Waals surface area contributed by atoms with Crippen LogP contribution < -0.4 is 10.1 Å². The Morgan fingerprint density at radius 2 is 2.15 bits per heavy atom. The van der Waals surface area contributed by atoms with Crippen LogP contribution in [0.25, 0.3) is 0 Å². The Morgan fingerprint density at radius 3 is 2.85 bits per heavy atom. The molecule has 0 spiro atoms. The Morgan fingerprint density at radius 1 is 1.30 bits per heavy atom. The molecule has 112 valence electrons. The molecule has 3 heteroatoms. The van der Waals surface area contributed by atoms with Gasteiger partial charge >= 0.3 is 0 Å². The molecule has 3 nitrogen and oxygen atoms in total. The van der Waals surface area contributed by atoms with Crippen molar-refractivity contribution in [2.24, 2.45) is 5.92 Å². The van der Waals surface area contributed by atoms with Crippen molar-refractivity contribution in [1.29, 1.82) is 0 Å². The molecule has 1 aliphatic carbocycles. The topological polar surface area (TPSA) is 24.5 Å². The molecule has 1 aromatic carbocycles. The van der Waals surface area contributed by atoms with Crippen molar-refractivity contribution in [1.82, 2.24) is 4.90 Å². The summed E-state index contributed by atoms with van der Waals surface area (Å²) < 4.78 is 5.78. The van der Waals surface area contributed by atoms with Crippen LogP contribution in [-0.4, -0.2) is 38.2 Å². The van der Waals surface area contributed by atoms with Crippen LogP contribution in [0, 0.1) is 5.92 Å². The Labute approximate surface area is 123 Å². The highest BCUT2D eigenvalue weighted by atomic mass is 16.5. The molecule has 0 heterocycles. The van der Waals surface area contributed by atoms with Gasteiger partial charge in [0.2, 0.25) is 0 Å². The Hall–Kier alpha value is -1.22. The lowest BCUT2D eigenvalue weighted by molar-refractivity contribution is 0.261. The molecule has 0 aromatic heterocycles. The molecule has 1 aliphatic rings. The average molecular weight is 276 g/mol. The highest BCUT2D eigenvalue weighted by molar-refractivity contribution is 5.49. The zero-order valence-corrected chi connectivity index (χ0v) is 13.1. The Balaban J connectivity index is 1.83. The van der Waals surface area contributed by atoms with E-state index in [2.05, 4.69) is 49.4 Å². The van der Waals surface area contributed by atoms with E-state index in [1.54, 1.807) is 0 Å². The highest BCUT2D eigenvalue weighted by Crippen LogP contribution is 2.30. The van der Waals surface area contributed by atoms with Crippen molar-refractivity contribution in [3.8, 4) is 5.75 Å². The lowest BCUT2D eigenvalue weighted by Gasteiger charge is -2.16. The molecule has 0 aliphatic heterocycles. The average Bonchev–Trinajstić information content (AvgIpc) is 2.86. The molecule has 0 radical (unpaired) electrons. The van der Waals surface area contributed by atoms with Crippen molar-refractivity contribution >= 4 is 5.69 Å². The maximum Gasteiger partial charge on any atom is 0.121 e. The van der Waals surface area contributed by atoms with Crippen molar-refractivity contribution in [3.05, 3.63) is 24.3 Å². The van der Waals surface area contributed by atoms with E-state index in [1.165, 1.54) is 31.4 Å². The second-order valence-corrected chi connectivity index (χ2v) is 6.11. The first-order valence-corrected chi connectivity index (χ1v) is 7.81. The number of nitrogens with zero attached hydrogens (tertiary/aromatic N) is 1. The van der Waals surface area contributed by atoms with E-state index in [-0.39, 0.29) is 0 Å². The molecule has 1 fully saturated rings. The van der Waals surface area contributed by atoms with Gasteiger partial charge in [0, 0.05) is 24.3 Å². The van der Waals surface area contributed by atoms with Crippen LogP contribution in [0.4, 0.5) is 5.69 Å². The van der Waals surface area contributed by atoms with Crippen LogP contribution >= 0.6 is 0 Å². The molecule has 1 N–H and O–H groups in total. The highest BCUT2D eigenvalue weighted by Gasteiger charge is 2.22. The molecule has 0 saturated heterocycles. The minimum Gasteiger partial charge on any atom is -0.492 e. The molecule has 0 bridgehead atoms. The summed E-state index contributed by atoms with van der Waals surface area (Å²) >= 11 is 0. The van der Waals surface area contributed by atoms with Crippen LogP contribution in [-0.2, 0) is 0 Å². The summed E-state index contributed by atoms with van der Waals surface area (Å²) in [4.78, 5) is 2.13. The summed E-state index contributed by atoms with van der Waals surface area (Å²) in [5, 5.41) is 3.65. The molecule has 2 unspecified atom stereocenters. The first-order valence-electron chi connectivity index (χ1n) is 7.81. The maximum absolute atomic E-state index is 5.78. The summed E-state index contributed by atoms with van der Waals surface area (Å²) in [5.74, 6) is 1.87. The van der Waals surface area contributed by atoms with Crippen LogP contribution in [0.15, 0.2) is 24.3 Å². The number of ether oxygens (including phenoxy) is 1. The Kier molecular flexibility index (Phi) is 5.72. The van der Waals surface area contributed by atoms with Gasteiger partial charge in [0.1, 0.15) is 12.4 Å². The fourth-order valence-corrected chi connectivity index (χ4v) is 2.83. The monoisotopic (exact) mass is 276 g/mol. The third-order valence-corrected chi connectivity index (χ3v) is 4.13. The quantitative estimate of drug-likeness (QED) is 0.823. The van der Waals surface area contributed by atoms with E-state index >= 15 is 0 Å². The molecule has 1 aromatic rings. The van der Waals surface area contributed by atoms with E-state index in [0.29, 0.717) is 6.04 Å². The lowest BCUT2D eigenvalue weighted by atomic mass is 10.1. The molecule has 0 amide bonds. The van der Waals surface area contributed by atoms with E-state index in [1.807, 2.05) is 6.07 Å². The first kappa shape index (κ1) is 15.2. The van der Waals surface area contributed by atoms with Crippen LogP contribution in [0.3, 0.4) is 0 Å². The van der Waals surface area contributed by atoms with Crippen LogP contribution in [0.2, 0.25) is 0 Å². The predicted octanol–water partition coefficient (Wildman–Crippen LogP) is 3.62. The largest absolute Gasteiger partial charge is 0.492 e. The third-order valence-electron chi connectivity index (χ3n) is 4.13. The standard InChI is InChI=1S/C17H28N2O/c1-4-14-8-9-16(12-14)18-15-6-5-7-17(13-15)20-11-10-19(2)3/h5-7,13-14,16,18H,4,8-12H2,1-3H3. The smallest absolute Gasteiger partial charge is 0.121 e. The zero-order chi connectivity index (χ0) is 14.4. The minimum absolute atomic E-state index is 0.636. The number of likely N-dealkylation sites (N-methyl/N-ethyl adjacent to an activating group) is 1. The third kappa shape index (κ3) is 4.71. The summed E-state index contributed by atoms with van der Waals surface area (Å²) in [7, 11) is 4.12. The number of hydrogen-bond acceptors (Lipinski definition) is 3. The van der Waals surface area contributed by atoms with Crippen LogP contribution in [0.1, 0.15) is 32.6 Å². The molecule has 20 heavy (non-hydrogen) atoms. The molecular weight excluding hydrogens is 248 g/mol. The van der Waals surface area contributed by atoms with E-state index < -0.39 is 0 Å². The normalized spacial score (nSPS) is 22.2. The van der Waals surface area contributed by atoms with Gasteiger partial charge in [-0.15, -0.1) is 0 Å². The summed E-state index contributed by atoms with van der Waals surface area (Å²) in [6.07, 6.45) is 5.28. The zero-order valence-electron chi connectivity index (χ0n) is 13.1. The maximum atomic E-state index is 5.78. The van der Waals surface area contributed by atoms with Gasteiger partial charge in [-0.3, -0.25) is 0 Å². The summed E-state index contributed by atoms with van der Waals surface area (Å²) in [5.41, 5.74) is 1.19. The number of anilines is 1. The van der Waals surface area contributed by atoms with Gasteiger partial charge in [-0.1, -0.05) is 19.4 Å². The van der Waals surface area contributed by atoms with Crippen molar-refractivity contribution < 1.29 is 4.74 Å². The fourth-order valence-electron chi connectivity index (χ4n) is 2.83. The van der Waals surface area contributed by atoms with E-state index in [9.17, 15) is 0 Å². The predicted molar refractivity (Wildman–Crippen MR) is 85.5 cm³/mol. The summed E-state index contributed by atoms with van der Waals surface area (Å²) in [6.45, 7) is 3.97. The van der Waals surface area contributed by atoms with Gasteiger partial charge in [0.15, 0.2) is 0 Å². The van der Waals surface area contributed by atoms with Gasteiger partial charge in [-0.05, 0) is 51.4 Å². The van der Waals surface area contributed by atoms with E-state index in [4.69, 9.17) is 4.74 Å². The second kappa shape index (κ2) is 7.53. The van der Waals surface area contributed by atoms with Crippen LogP contribution in [0.5, 0.6) is 5.75 Å².